The average molecular weight is 274 g/mol. The van der Waals surface area contributed by atoms with E-state index in [4.69, 9.17) is 16.3 Å². The summed E-state index contributed by atoms with van der Waals surface area (Å²) in [5, 5.41) is 2.16. The second-order valence-electron chi connectivity index (χ2n) is 4.47. The van der Waals surface area contributed by atoms with Crippen LogP contribution in [0, 0.1) is 5.92 Å². The molecule has 0 bridgehead atoms. The molecule has 1 aliphatic rings. The Bertz CT molecular complexity index is 401. The minimum atomic E-state index is 0.0660. The predicted octanol–water partition coefficient (Wildman–Crippen LogP) is 2.85. The molecule has 1 heterocycles. The molecule has 1 amide bonds. The molecule has 0 aliphatic heterocycles. The number of rotatable bonds is 4. The maximum Gasteiger partial charge on any atom is 0.263 e. The van der Waals surface area contributed by atoms with Crippen molar-refractivity contribution in [1.82, 2.24) is 4.90 Å². The molecule has 1 aromatic heterocycles. The zero-order valence-corrected chi connectivity index (χ0v) is 11.6. The number of carbonyl (C=O) groups excluding carboxylic acids is 1. The van der Waals surface area contributed by atoms with Gasteiger partial charge in [-0.05, 0) is 18.8 Å². The zero-order chi connectivity index (χ0) is 12.4. The normalized spacial score (nSPS) is 23.0. The standard InChI is InChI=1S/C12H16ClNO2S/c1-14(6-8-3-9(13)4-8)12(15)11-5-10(16-2)7-17-11/h5,7-9H,3-4,6H2,1-2H3. The van der Waals surface area contributed by atoms with Crippen molar-refractivity contribution < 1.29 is 9.53 Å². The number of carbonyl (C=O) groups is 1. The smallest absolute Gasteiger partial charge is 0.263 e. The fourth-order valence-electron chi connectivity index (χ4n) is 2.00. The lowest BCUT2D eigenvalue weighted by molar-refractivity contribution is 0.0751. The van der Waals surface area contributed by atoms with Crippen molar-refractivity contribution in [2.45, 2.75) is 18.2 Å². The highest BCUT2D eigenvalue weighted by atomic mass is 35.5. The lowest BCUT2D eigenvalue weighted by atomic mass is 9.84. The third-order valence-corrected chi connectivity index (χ3v) is 4.33. The maximum absolute atomic E-state index is 12.1. The monoisotopic (exact) mass is 273 g/mol. The lowest BCUT2D eigenvalue weighted by Crippen LogP contribution is -2.37. The first-order valence-corrected chi connectivity index (χ1v) is 6.93. The first-order chi connectivity index (χ1) is 8.10. The van der Waals surface area contributed by atoms with Crippen molar-refractivity contribution in [2.75, 3.05) is 20.7 Å². The van der Waals surface area contributed by atoms with E-state index >= 15 is 0 Å². The van der Waals surface area contributed by atoms with Gasteiger partial charge in [0.2, 0.25) is 0 Å². The lowest BCUT2D eigenvalue weighted by Gasteiger charge is -2.33. The average Bonchev–Trinajstić information content (AvgIpc) is 2.74. The fourth-order valence-corrected chi connectivity index (χ4v) is 3.35. The molecule has 94 valence electrons. The van der Waals surface area contributed by atoms with E-state index < -0.39 is 0 Å². The third kappa shape index (κ3) is 2.93. The van der Waals surface area contributed by atoms with Crippen molar-refractivity contribution >= 4 is 28.8 Å². The van der Waals surface area contributed by atoms with Crippen molar-refractivity contribution in [3.05, 3.63) is 16.3 Å². The third-order valence-electron chi connectivity index (χ3n) is 3.08. The summed E-state index contributed by atoms with van der Waals surface area (Å²) in [6.07, 6.45) is 2.04. The number of amides is 1. The number of nitrogens with zero attached hydrogens (tertiary/aromatic N) is 1. The highest BCUT2D eigenvalue weighted by Crippen LogP contribution is 2.32. The first kappa shape index (κ1) is 12.7. The van der Waals surface area contributed by atoms with Crippen molar-refractivity contribution in [1.29, 1.82) is 0 Å². The molecular formula is C12H16ClNO2S. The summed E-state index contributed by atoms with van der Waals surface area (Å²) in [6.45, 7) is 0.794. The molecule has 2 rings (SSSR count). The van der Waals surface area contributed by atoms with Crippen molar-refractivity contribution in [3.8, 4) is 5.75 Å². The number of methoxy groups -OCH3 is 1. The molecule has 1 aliphatic carbocycles. The Morgan fingerprint density at radius 3 is 2.88 bits per heavy atom. The molecule has 1 fully saturated rings. The van der Waals surface area contributed by atoms with E-state index in [9.17, 15) is 4.79 Å². The number of ether oxygens (including phenoxy) is 1. The van der Waals surface area contributed by atoms with Crippen LogP contribution in [-0.2, 0) is 0 Å². The van der Waals surface area contributed by atoms with Gasteiger partial charge in [-0.2, -0.15) is 0 Å². The van der Waals surface area contributed by atoms with Gasteiger partial charge in [0, 0.05) is 30.4 Å². The summed E-state index contributed by atoms with van der Waals surface area (Å²) in [5.74, 6) is 1.38. The van der Waals surface area contributed by atoms with E-state index in [1.54, 1.807) is 18.1 Å². The molecule has 0 N–H and O–H groups in total. The topological polar surface area (TPSA) is 29.5 Å². The predicted molar refractivity (Wildman–Crippen MR) is 70.2 cm³/mol. The fraction of sp³-hybridized carbons (Fsp3) is 0.583. The Labute approximate surface area is 110 Å². The summed E-state index contributed by atoms with van der Waals surface area (Å²) < 4.78 is 5.07. The van der Waals surface area contributed by atoms with Gasteiger partial charge in [-0.1, -0.05) is 0 Å². The second kappa shape index (κ2) is 5.27. The summed E-state index contributed by atoms with van der Waals surface area (Å²) in [7, 11) is 3.45. The molecule has 3 nitrogen and oxygen atoms in total. The Balaban J connectivity index is 1.90. The molecule has 0 atom stereocenters. The van der Waals surface area contributed by atoms with Gasteiger partial charge in [-0.25, -0.2) is 0 Å². The van der Waals surface area contributed by atoms with Gasteiger partial charge in [-0.3, -0.25) is 4.79 Å². The Morgan fingerprint density at radius 1 is 1.65 bits per heavy atom. The van der Waals surface area contributed by atoms with Crippen LogP contribution in [0.25, 0.3) is 0 Å². The minimum absolute atomic E-state index is 0.0660. The highest BCUT2D eigenvalue weighted by molar-refractivity contribution is 7.12. The van der Waals surface area contributed by atoms with Gasteiger partial charge in [0.1, 0.15) is 5.75 Å². The molecule has 17 heavy (non-hydrogen) atoms. The van der Waals surface area contributed by atoms with Gasteiger partial charge in [0.15, 0.2) is 0 Å². The molecular weight excluding hydrogens is 258 g/mol. The summed E-state index contributed by atoms with van der Waals surface area (Å²) in [4.78, 5) is 14.6. The van der Waals surface area contributed by atoms with Crippen LogP contribution >= 0.6 is 22.9 Å². The highest BCUT2D eigenvalue weighted by Gasteiger charge is 2.29. The molecule has 5 heteroatoms. The van der Waals surface area contributed by atoms with Crippen LogP contribution < -0.4 is 4.74 Å². The van der Waals surface area contributed by atoms with Gasteiger partial charge >= 0.3 is 0 Å². The molecule has 0 aromatic carbocycles. The zero-order valence-electron chi connectivity index (χ0n) is 9.98. The number of alkyl halides is 1. The van der Waals surface area contributed by atoms with Crippen molar-refractivity contribution in [3.63, 3.8) is 0 Å². The van der Waals surface area contributed by atoms with Crippen LogP contribution in [0.1, 0.15) is 22.5 Å². The van der Waals surface area contributed by atoms with E-state index in [0.29, 0.717) is 11.3 Å². The molecule has 0 unspecified atom stereocenters. The Hall–Kier alpha value is -0.740. The van der Waals surface area contributed by atoms with E-state index in [2.05, 4.69) is 0 Å². The van der Waals surface area contributed by atoms with Gasteiger partial charge in [0.25, 0.3) is 5.91 Å². The van der Waals surface area contributed by atoms with E-state index in [1.807, 2.05) is 12.4 Å². The molecule has 0 radical (unpaired) electrons. The SMILES string of the molecule is COc1csc(C(=O)N(C)CC2CC(Cl)C2)c1. The van der Waals surface area contributed by atoms with Gasteiger partial charge < -0.3 is 9.64 Å². The largest absolute Gasteiger partial charge is 0.496 e. The van der Waals surface area contributed by atoms with Crippen LogP contribution in [0.2, 0.25) is 0 Å². The minimum Gasteiger partial charge on any atom is -0.496 e. The Kier molecular flexibility index (Phi) is 3.94. The first-order valence-electron chi connectivity index (χ1n) is 5.62. The summed E-state index contributed by atoms with van der Waals surface area (Å²) >= 11 is 7.35. The molecule has 1 saturated carbocycles. The molecule has 0 saturated heterocycles. The number of hydrogen-bond donors (Lipinski definition) is 0. The van der Waals surface area contributed by atoms with Crippen LogP contribution in [0.4, 0.5) is 0 Å². The van der Waals surface area contributed by atoms with E-state index in [-0.39, 0.29) is 5.91 Å². The number of thiophene rings is 1. The molecule has 0 spiro atoms. The quantitative estimate of drug-likeness (QED) is 0.790. The molecule has 1 aromatic rings. The van der Waals surface area contributed by atoms with E-state index in [1.165, 1.54) is 11.3 Å². The Morgan fingerprint density at radius 2 is 2.35 bits per heavy atom. The van der Waals surface area contributed by atoms with Crippen molar-refractivity contribution in [2.24, 2.45) is 5.92 Å². The number of hydrogen-bond acceptors (Lipinski definition) is 3. The second-order valence-corrected chi connectivity index (χ2v) is 6.00. The summed E-state index contributed by atoms with van der Waals surface area (Å²) in [6, 6.07) is 1.79. The van der Waals surface area contributed by atoms with E-state index in [0.717, 1.165) is 30.0 Å². The van der Waals surface area contributed by atoms with Crippen LogP contribution in [0.15, 0.2) is 11.4 Å². The van der Waals surface area contributed by atoms with Crippen LogP contribution in [0.3, 0.4) is 0 Å². The van der Waals surface area contributed by atoms with Gasteiger partial charge in [-0.15, -0.1) is 22.9 Å². The van der Waals surface area contributed by atoms with Crippen LogP contribution in [-0.4, -0.2) is 36.9 Å². The number of halogens is 1. The summed E-state index contributed by atoms with van der Waals surface area (Å²) in [5.41, 5.74) is 0. The van der Waals surface area contributed by atoms with Gasteiger partial charge in [0.05, 0.1) is 12.0 Å². The maximum atomic E-state index is 12.1. The van der Waals surface area contributed by atoms with Crippen LogP contribution in [0.5, 0.6) is 5.75 Å².